The van der Waals surface area contributed by atoms with Gasteiger partial charge in [0.2, 0.25) is 0 Å². The number of fused-ring (bicyclic) bond motifs is 1. The van der Waals surface area contributed by atoms with Crippen molar-refractivity contribution >= 4 is 28.6 Å². The van der Waals surface area contributed by atoms with Crippen LogP contribution in [-0.4, -0.2) is 45.7 Å². The Bertz CT molecular complexity index is 944. The number of aromatic amines is 1. The SMILES string of the molecule is CNC(=O)c1[nH]nc2c(O)cc(SCCCCCOc3ccccc3)c(O)c12. The fourth-order valence-electron chi connectivity index (χ4n) is 2.81. The minimum Gasteiger partial charge on any atom is -0.506 e. The van der Waals surface area contributed by atoms with Gasteiger partial charge in [-0.2, -0.15) is 5.10 Å². The second-order valence-electron chi connectivity index (χ2n) is 6.21. The molecule has 8 heteroatoms. The summed E-state index contributed by atoms with van der Waals surface area (Å²) in [7, 11) is 1.49. The molecule has 0 atom stereocenters. The zero-order chi connectivity index (χ0) is 19.9. The summed E-state index contributed by atoms with van der Waals surface area (Å²) in [5.41, 5.74) is 0.310. The number of para-hydroxylation sites is 1. The Kier molecular flexibility index (Phi) is 6.65. The second-order valence-corrected chi connectivity index (χ2v) is 7.35. The number of carbonyl (C=O) groups is 1. The van der Waals surface area contributed by atoms with E-state index < -0.39 is 5.91 Å². The molecule has 148 valence electrons. The average molecular weight is 401 g/mol. The van der Waals surface area contributed by atoms with Crippen molar-refractivity contribution in [2.45, 2.75) is 24.2 Å². The highest BCUT2D eigenvalue weighted by Gasteiger charge is 2.21. The van der Waals surface area contributed by atoms with Crippen LogP contribution in [0.4, 0.5) is 0 Å². The van der Waals surface area contributed by atoms with E-state index >= 15 is 0 Å². The third kappa shape index (κ3) is 4.51. The monoisotopic (exact) mass is 401 g/mol. The van der Waals surface area contributed by atoms with Gasteiger partial charge in [-0.3, -0.25) is 9.89 Å². The first-order chi connectivity index (χ1) is 13.6. The zero-order valence-electron chi connectivity index (χ0n) is 15.6. The van der Waals surface area contributed by atoms with Gasteiger partial charge in [-0.1, -0.05) is 18.2 Å². The zero-order valence-corrected chi connectivity index (χ0v) is 16.4. The third-order valence-corrected chi connectivity index (χ3v) is 5.37. The lowest BCUT2D eigenvalue weighted by Gasteiger charge is -2.08. The van der Waals surface area contributed by atoms with Crippen LogP contribution in [0.5, 0.6) is 17.2 Å². The molecule has 3 aromatic rings. The number of thioether (sulfide) groups is 1. The lowest BCUT2D eigenvalue weighted by Crippen LogP contribution is -2.18. The number of ether oxygens (including phenoxy) is 1. The van der Waals surface area contributed by atoms with E-state index in [0.717, 1.165) is 30.8 Å². The predicted octanol–water partition coefficient (Wildman–Crippen LogP) is 3.68. The summed E-state index contributed by atoms with van der Waals surface area (Å²) in [6.45, 7) is 0.664. The van der Waals surface area contributed by atoms with Gasteiger partial charge in [-0.25, -0.2) is 0 Å². The van der Waals surface area contributed by atoms with Gasteiger partial charge in [-0.05, 0) is 43.2 Å². The van der Waals surface area contributed by atoms with E-state index in [0.29, 0.717) is 11.5 Å². The van der Waals surface area contributed by atoms with Crippen molar-refractivity contribution < 1.29 is 19.7 Å². The number of phenolic OH excluding ortho intramolecular Hbond substituents is 2. The Morgan fingerprint density at radius 1 is 1.21 bits per heavy atom. The van der Waals surface area contributed by atoms with E-state index in [4.69, 9.17) is 4.74 Å². The number of nitrogens with one attached hydrogen (secondary N) is 2. The van der Waals surface area contributed by atoms with E-state index in [1.807, 2.05) is 30.3 Å². The molecule has 1 amide bonds. The summed E-state index contributed by atoms with van der Waals surface area (Å²) in [5, 5.41) is 30.0. The molecule has 28 heavy (non-hydrogen) atoms. The van der Waals surface area contributed by atoms with Crippen LogP contribution in [0.25, 0.3) is 10.9 Å². The molecule has 0 radical (unpaired) electrons. The molecular weight excluding hydrogens is 378 g/mol. The molecular formula is C20H23N3O4S. The average Bonchev–Trinajstić information content (AvgIpc) is 3.17. The number of aromatic hydroxyl groups is 2. The summed E-state index contributed by atoms with van der Waals surface area (Å²) in [4.78, 5) is 12.5. The fraction of sp³-hybridized carbons (Fsp3) is 0.300. The van der Waals surface area contributed by atoms with Crippen LogP contribution in [0.1, 0.15) is 29.8 Å². The van der Waals surface area contributed by atoms with Gasteiger partial charge < -0.3 is 20.3 Å². The maximum absolute atomic E-state index is 11.9. The van der Waals surface area contributed by atoms with E-state index in [2.05, 4.69) is 15.5 Å². The van der Waals surface area contributed by atoms with Gasteiger partial charge in [0.25, 0.3) is 5.91 Å². The molecule has 7 nitrogen and oxygen atoms in total. The standard InChI is InChI=1S/C20H23N3O4S/c1-21-20(26)18-16-17(22-23-18)14(24)12-15(19(16)25)28-11-7-3-6-10-27-13-8-4-2-5-9-13/h2,4-5,8-9,12,24-25H,3,6-7,10-11H2,1H3,(H,21,26)(H,22,23). The number of benzene rings is 2. The number of unbranched alkanes of at least 4 members (excludes halogenated alkanes) is 2. The van der Waals surface area contributed by atoms with Crippen LogP contribution < -0.4 is 10.1 Å². The fourth-order valence-corrected chi connectivity index (χ4v) is 3.81. The number of H-pyrrole nitrogens is 1. The summed E-state index contributed by atoms with van der Waals surface area (Å²) in [6, 6.07) is 11.2. The van der Waals surface area contributed by atoms with Gasteiger partial charge in [0, 0.05) is 7.05 Å². The molecule has 1 heterocycles. The lowest BCUT2D eigenvalue weighted by atomic mass is 10.1. The number of carbonyl (C=O) groups excluding carboxylic acids is 1. The minimum atomic E-state index is -0.405. The maximum atomic E-state index is 11.9. The van der Waals surface area contributed by atoms with Gasteiger partial charge in [0.1, 0.15) is 28.5 Å². The van der Waals surface area contributed by atoms with E-state index in [-0.39, 0.29) is 28.1 Å². The first kappa shape index (κ1) is 19.9. The number of hydrogen-bond acceptors (Lipinski definition) is 6. The first-order valence-corrected chi connectivity index (χ1v) is 10.1. The number of phenols is 2. The number of hydrogen-bond donors (Lipinski definition) is 4. The number of aromatic nitrogens is 2. The largest absolute Gasteiger partial charge is 0.506 e. The molecule has 0 unspecified atom stereocenters. The van der Waals surface area contributed by atoms with Crippen molar-refractivity contribution in [2.75, 3.05) is 19.4 Å². The second kappa shape index (κ2) is 9.36. The summed E-state index contributed by atoms with van der Waals surface area (Å²) in [6.07, 6.45) is 2.87. The molecule has 0 saturated heterocycles. The van der Waals surface area contributed by atoms with Crippen molar-refractivity contribution in [2.24, 2.45) is 0 Å². The van der Waals surface area contributed by atoms with Crippen LogP contribution in [0.3, 0.4) is 0 Å². The predicted molar refractivity (Wildman–Crippen MR) is 109 cm³/mol. The van der Waals surface area contributed by atoms with Crippen LogP contribution >= 0.6 is 11.8 Å². The summed E-state index contributed by atoms with van der Waals surface area (Å²) >= 11 is 1.44. The number of nitrogens with zero attached hydrogens (tertiary/aromatic N) is 1. The first-order valence-electron chi connectivity index (χ1n) is 9.07. The highest BCUT2D eigenvalue weighted by atomic mass is 32.2. The molecule has 1 aromatic heterocycles. The molecule has 0 saturated carbocycles. The molecule has 0 fully saturated rings. The highest BCUT2D eigenvalue weighted by Crippen LogP contribution is 2.41. The van der Waals surface area contributed by atoms with Crippen molar-refractivity contribution in [1.29, 1.82) is 0 Å². The van der Waals surface area contributed by atoms with Gasteiger partial charge in [0.05, 0.1) is 16.9 Å². The van der Waals surface area contributed by atoms with Crippen molar-refractivity contribution in [1.82, 2.24) is 15.5 Å². The van der Waals surface area contributed by atoms with Crippen molar-refractivity contribution in [3.63, 3.8) is 0 Å². The molecule has 0 bridgehead atoms. The Balaban J connectivity index is 1.53. The number of rotatable bonds is 9. The van der Waals surface area contributed by atoms with Crippen LogP contribution in [0.15, 0.2) is 41.3 Å². The molecule has 3 rings (SSSR count). The Hall–Kier alpha value is -2.87. The van der Waals surface area contributed by atoms with Gasteiger partial charge >= 0.3 is 0 Å². The van der Waals surface area contributed by atoms with Crippen molar-refractivity contribution in [3.8, 4) is 17.2 Å². The van der Waals surface area contributed by atoms with Crippen LogP contribution in [0, 0.1) is 0 Å². The van der Waals surface area contributed by atoms with E-state index in [1.54, 1.807) is 0 Å². The van der Waals surface area contributed by atoms with E-state index in [9.17, 15) is 15.0 Å². The molecule has 0 aliphatic carbocycles. The topological polar surface area (TPSA) is 107 Å². The van der Waals surface area contributed by atoms with Gasteiger partial charge in [0.15, 0.2) is 0 Å². The molecule has 2 aromatic carbocycles. The Morgan fingerprint density at radius 2 is 2.00 bits per heavy atom. The molecule has 4 N–H and O–H groups in total. The normalized spacial score (nSPS) is 10.9. The summed E-state index contributed by atoms with van der Waals surface area (Å²) < 4.78 is 5.66. The maximum Gasteiger partial charge on any atom is 0.269 e. The lowest BCUT2D eigenvalue weighted by molar-refractivity contribution is 0.0959. The van der Waals surface area contributed by atoms with E-state index in [1.165, 1.54) is 24.9 Å². The highest BCUT2D eigenvalue weighted by molar-refractivity contribution is 7.99. The summed E-state index contributed by atoms with van der Waals surface area (Å²) in [5.74, 6) is 1.13. The third-order valence-electron chi connectivity index (χ3n) is 4.26. The quantitative estimate of drug-likeness (QED) is 0.248. The Morgan fingerprint density at radius 3 is 2.75 bits per heavy atom. The van der Waals surface area contributed by atoms with Crippen LogP contribution in [0.2, 0.25) is 0 Å². The molecule has 0 spiro atoms. The minimum absolute atomic E-state index is 0.0439. The number of amides is 1. The Labute approximate surface area is 167 Å². The van der Waals surface area contributed by atoms with Gasteiger partial charge in [-0.15, -0.1) is 11.8 Å². The van der Waals surface area contributed by atoms with Crippen molar-refractivity contribution in [3.05, 3.63) is 42.1 Å². The molecule has 0 aliphatic rings. The smallest absolute Gasteiger partial charge is 0.269 e. The molecule has 0 aliphatic heterocycles. The van der Waals surface area contributed by atoms with Crippen LogP contribution in [-0.2, 0) is 0 Å².